The second-order valence-electron chi connectivity index (χ2n) is 5.95. The van der Waals surface area contributed by atoms with Gasteiger partial charge in [0.15, 0.2) is 0 Å². The highest BCUT2D eigenvalue weighted by molar-refractivity contribution is 5.91. The minimum atomic E-state index is -0.210. The van der Waals surface area contributed by atoms with E-state index in [0.717, 1.165) is 11.1 Å². The van der Waals surface area contributed by atoms with Crippen molar-refractivity contribution in [2.24, 2.45) is 0 Å². The van der Waals surface area contributed by atoms with Crippen molar-refractivity contribution in [3.05, 3.63) is 95.9 Å². The van der Waals surface area contributed by atoms with Crippen LogP contribution in [0, 0.1) is 0 Å². The minimum absolute atomic E-state index is 0.210. The first kappa shape index (κ1) is 19.0. The largest absolute Gasteiger partial charge is 0.465 e. The van der Waals surface area contributed by atoms with Gasteiger partial charge in [-0.15, -0.1) is 0 Å². The van der Waals surface area contributed by atoms with E-state index in [9.17, 15) is 9.59 Å². The minimum Gasteiger partial charge on any atom is -0.465 e. The Hall–Kier alpha value is -3.80. The van der Waals surface area contributed by atoms with Crippen molar-refractivity contribution in [1.29, 1.82) is 0 Å². The third-order valence-electron chi connectivity index (χ3n) is 3.81. The number of hydrogen-bond acceptors (Lipinski definition) is 4. The van der Waals surface area contributed by atoms with Crippen LogP contribution in [0.2, 0.25) is 0 Å². The third-order valence-corrected chi connectivity index (χ3v) is 3.81. The van der Waals surface area contributed by atoms with Crippen LogP contribution >= 0.6 is 0 Å². The van der Waals surface area contributed by atoms with Gasteiger partial charge in [-0.05, 0) is 47.5 Å². The number of carbonyl (C=O) groups excluding carboxylic acids is 2. The van der Waals surface area contributed by atoms with Gasteiger partial charge < -0.3 is 19.5 Å². The van der Waals surface area contributed by atoms with Crippen molar-refractivity contribution < 1.29 is 18.4 Å². The van der Waals surface area contributed by atoms with Crippen molar-refractivity contribution in [3.63, 3.8) is 0 Å². The maximum Gasteiger partial charge on any atom is 0.244 e. The van der Waals surface area contributed by atoms with Crippen molar-refractivity contribution >= 4 is 24.0 Å². The quantitative estimate of drug-likeness (QED) is 0.589. The maximum absolute atomic E-state index is 11.9. The molecule has 0 bridgehead atoms. The number of carbonyl (C=O) groups is 2. The number of nitrogens with one attached hydrogen (secondary N) is 2. The SMILES string of the molecule is O=C(C=Cc1ccco1)NCc1cccc(CNC(=O)C=Cc2ccco2)c1. The van der Waals surface area contributed by atoms with Crippen LogP contribution in [0.15, 0.2) is 82.0 Å². The first-order valence-electron chi connectivity index (χ1n) is 8.76. The van der Waals surface area contributed by atoms with Crippen LogP contribution in [0.25, 0.3) is 12.2 Å². The molecule has 0 aliphatic carbocycles. The number of amides is 2. The van der Waals surface area contributed by atoms with E-state index in [1.807, 2.05) is 24.3 Å². The molecule has 3 rings (SSSR count). The molecule has 1 aromatic carbocycles. The summed E-state index contributed by atoms with van der Waals surface area (Å²) in [5, 5.41) is 5.63. The summed E-state index contributed by atoms with van der Waals surface area (Å²) in [6.07, 6.45) is 9.17. The monoisotopic (exact) mass is 376 g/mol. The van der Waals surface area contributed by atoms with Crippen LogP contribution in [-0.4, -0.2) is 11.8 Å². The molecule has 0 aliphatic rings. The molecule has 3 aromatic rings. The van der Waals surface area contributed by atoms with Crippen LogP contribution in [-0.2, 0) is 22.7 Å². The average Bonchev–Trinajstić information content (AvgIpc) is 3.42. The molecular formula is C22H20N2O4. The van der Waals surface area contributed by atoms with E-state index in [2.05, 4.69) is 10.6 Å². The number of rotatable bonds is 8. The molecule has 0 atom stereocenters. The first-order valence-corrected chi connectivity index (χ1v) is 8.76. The number of benzene rings is 1. The molecule has 0 aliphatic heterocycles. The molecule has 6 heteroatoms. The third kappa shape index (κ3) is 6.17. The molecular weight excluding hydrogens is 356 g/mol. The Bertz CT molecular complexity index is 879. The van der Waals surface area contributed by atoms with Crippen LogP contribution in [0.3, 0.4) is 0 Å². The second kappa shape index (κ2) is 9.78. The van der Waals surface area contributed by atoms with E-state index < -0.39 is 0 Å². The first-order chi connectivity index (χ1) is 13.7. The van der Waals surface area contributed by atoms with Crippen LogP contribution in [0.1, 0.15) is 22.6 Å². The van der Waals surface area contributed by atoms with Gasteiger partial charge in [0, 0.05) is 25.2 Å². The lowest BCUT2D eigenvalue weighted by atomic mass is 10.1. The van der Waals surface area contributed by atoms with E-state index in [1.54, 1.807) is 48.9 Å². The van der Waals surface area contributed by atoms with Crippen LogP contribution < -0.4 is 10.6 Å². The highest BCUT2D eigenvalue weighted by Gasteiger charge is 2.01. The van der Waals surface area contributed by atoms with Gasteiger partial charge in [-0.1, -0.05) is 24.3 Å². The Kier molecular flexibility index (Phi) is 6.62. The lowest BCUT2D eigenvalue weighted by molar-refractivity contribution is -0.117. The molecule has 2 amide bonds. The van der Waals surface area contributed by atoms with Crippen molar-refractivity contribution in [2.75, 3.05) is 0 Å². The van der Waals surface area contributed by atoms with E-state index >= 15 is 0 Å². The normalized spacial score (nSPS) is 11.1. The standard InChI is InChI=1S/C22H20N2O4/c25-21(10-8-19-6-2-12-27-19)23-15-17-4-1-5-18(14-17)16-24-22(26)11-9-20-7-3-13-28-20/h1-14H,15-16H2,(H,23,25)(H,24,26). The van der Waals surface area contributed by atoms with Crippen molar-refractivity contribution in [3.8, 4) is 0 Å². The lowest BCUT2D eigenvalue weighted by Gasteiger charge is -2.07. The van der Waals surface area contributed by atoms with E-state index in [4.69, 9.17) is 8.83 Å². The molecule has 2 N–H and O–H groups in total. The molecule has 142 valence electrons. The van der Waals surface area contributed by atoms with Crippen LogP contribution in [0.4, 0.5) is 0 Å². The molecule has 0 spiro atoms. The number of hydrogen-bond donors (Lipinski definition) is 2. The molecule has 2 heterocycles. The second-order valence-corrected chi connectivity index (χ2v) is 5.95. The van der Waals surface area contributed by atoms with Gasteiger partial charge in [0.2, 0.25) is 11.8 Å². The van der Waals surface area contributed by atoms with Crippen molar-refractivity contribution in [1.82, 2.24) is 10.6 Å². The molecule has 0 radical (unpaired) electrons. The van der Waals surface area contributed by atoms with Gasteiger partial charge >= 0.3 is 0 Å². The molecule has 28 heavy (non-hydrogen) atoms. The fourth-order valence-corrected chi connectivity index (χ4v) is 2.43. The smallest absolute Gasteiger partial charge is 0.244 e. The Balaban J connectivity index is 1.45. The zero-order chi connectivity index (χ0) is 19.6. The maximum atomic E-state index is 11.9. The molecule has 6 nitrogen and oxygen atoms in total. The van der Waals surface area contributed by atoms with Gasteiger partial charge in [-0.2, -0.15) is 0 Å². The summed E-state index contributed by atoms with van der Waals surface area (Å²) in [7, 11) is 0. The summed E-state index contributed by atoms with van der Waals surface area (Å²) in [5.74, 6) is 0.819. The Morgan fingerprint density at radius 3 is 1.68 bits per heavy atom. The summed E-state index contributed by atoms with van der Waals surface area (Å²) in [4.78, 5) is 23.7. The highest BCUT2D eigenvalue weighted by atomic mass is 16.3. The predicted molar refractivity (Wildman–Crippen MR) is 106 cm³/mol. The van der Waals surface area contributed by atoms with Gasteiger partial charge in [0.1, 0.15) is 11.5 Å². The number of furan rings is 2. The summed E-state index contributed by atoms with van der Waals surface area (Å²) in [6, 6.07) is 14.7. The van der Waals surface area contributed by atoms with E-state index in [1.165, 1.54) is 12.2 Å². The van der Waals surface area contributed by atoms with Gasteiger partial charge in [-0.3, -0.25) is 9.59 Å². The molecule has 2 aromatic heterocycles. The Labute approximate surface area is 162 Å². The Morgan fingerprint density at radius 1 is 0.750 bits per heavy atom. The fourth-order valence-electron chi connectivity index (χ4n) is 2.43. The Morgan fingerprint density at radius 2 is 1.25 bits per heavy atom. The summed E-state index contributed by atoms with van der Waals surface area (Å²) >= 11 is 0. The summed E-state index contributed by atoms with van der Waals surface area (Å²) in [6.45, 7) is 0.781. The van der Waals surface area contributed by atoms with Gasteiger partial charge in [0.05, 0.1) is 12.5 Å². The highest BCUT2D eigenvalue weighted by Crippen LogP contribution is 2.06. The van der Waals surface area contributed by atoms with E-state index in [-0.39, 0.29) is 11.8 Å². The predicted octanol–water partition coefficient (Wildman–Crippen LogP) is 3.53. The molecule has 0 saturated carbocycles. The van der Waals surface area contributed by atoms with Crippen LogP contribution in [0.5, 0.6) is 0 Å². The van der Waals surface area contributed by atoms with Crippen molar-refractivity contribution in [2.45, 2.75) is 13.1 Å². The molecule has 0 saturated heterocycles. The zero-order valence-electron chi connectivity index (χ0n) is 15.1. The topological polar surface area (TPSA) is 84.5 Å². The zero-order valence-corrected chi connectivity index (χ0v) is 15.1. The lowest BCUT2D eigenvalue weighted by Crippen LogP contribution is -2.21. The van der Waals surface area contributed by atoms with E-state index in [0.29, 0.717) is 24.6 Å². The van der Waals surface area contributed by atoms with Gasteiger partial charge in [-0.25, -0.2) is 0 Å². The molecule has 0 unspecified atom stereocenters. The fraction of sp³-hybridized carbons (Fsp3) is 0.0909. The summed E-state index contributed by atoms with van der Waals surface area (Å²) in [5.41, 5.74) is 1.88. The summed E-state index contributed by atoms with van der Waals surface area (Å²) < 4.78 is 10.3. The molecule has 0 fully saturated rings. The van der Waals surface area contributed by atoms with Gasteiger partial charge in [0.25, 0.3) is 0 Å². The average molecular weight is 376 g/mol.